The number of hydrogen-bond acceptors (Lipinski definition) is 2. The first kappa shape index (κ1) is 12.0. The predicted molar refractivity (Wildman–Crippen MR) is 63.0 cm³/mol. The number of aromatic nitrogens is 1. The quantitative estimate of drug-likeness (QED) is 0.738. The Balaban J connectivity index is 2.07. The Morgan fingerprint density at radius 1 is 1.59 bits per heavy atom. The Labute approximate surface area is 101 Å². The van der Waals surface area contributed by atoms with Crippen LogP contribution in [0.4, 0.5) is 4.39 Å². The summed E-state index contributed by atoms with van der Waals surface area (Å²) in [5, 5.41) is 0. The van der Waals surface area contributed by atoms with Gasteiger partial charge in [-0.05, 0) is 24.3 Å². The molecule has 1 aliphatic heterocycles. The third-order valence-electron chi connectivity index (χ3n) is 3.43. The van der Waals surface area contributed by atoms with Gasteiger partial charge in [0.05, 0.1) is 0 Å². The number of carbonyl (C=O) groups excluding carboxylic acids is 1. The van der Waals surface area contributed by atoms with Gasteiger partial charge in [-0.1, -0.05) is 13.8 Å². The molecule has 0 bridgehead atoms. The number of pyridine rings is 1. The van der Waals surface area contributed by atoms with Crippen molar-refractivity contribution in [1.29, 1.82) is 0 Å². The molecule has 2 rings (SSSR count). The molecule has 0 spiro atoms. The minimum Gasteiger partial charge on any atom is -0.338 e. The van der Waals surface area contributed by atoms with Crippen LogP contribution in [0.15, 0.2) is 18.3 Å². The van der Waals surface area contributed by atoms with E-state index in [1.165, 1.54) is 12.3 Å². The zero-order valence-corrected chi connectivity index (χ0v) is 10.2. The molecule has 1 aromatic rings. The molecular formula is C13H17FN2O. The maximum absolute atomic E-state index is 12.9. The average molecular weight is 236 g/mol. The van der Waals surface area contributed by atoms with Gasteiger partial charge in [0.2, 0.25) is 5.95 Å². The van der Waals surface area contributed by atoms with Crippen LogP contribution < -0.4 is 0 Å². The van der Waals surface area contributed by atoms with E-state index in [1.54, 1.807) is 11.0 Å². The molecule has 0 saturated carbocycles. The van der Waals surface area contributed by atoms with E-state index in [0.29, 0.717) is 17.4 Å². The van der Waals surface area contributed by atoms with Crippen LogP contribution in [0.5, 0.6) is 0 Å². The van der Waals surface area contributed by atoms with Gasteiger partial charge >= 0.3 is 0 Å². The van der Waals surface area contributed by atoms with Crippen molar-refractivity contribution in [2.75, 3.05) is 13.1 Å². The molecule has 3 nitrogen and oxygen atoms in total. The van der Waals surface area contributed by atoms with Gasteiger partial charge in [-0.15, -0.1) is 0 Å². The molecule has 4 heteroatoms. The van der Waals surface area contributed by atoms with E-state index in [4.69, 9.17) is 0 Å². The number of likely N-dealkylation sites (tertiary alicyclic amines) is 1. The number of carbonyl (C=O) groups is 1. The van der Waals surface area contributed by atoms with E-state index >= 15 is 0 Å². The van der Waals surface area contributed by atoms with E-state index in [-0.39, 0.29) is 5.91 Å². The van der Waals surface area contributed by atoms with Crippen LogP contribution >= 0.6 is 0 Å². The summed E-state index contributed by atoms with van der Waals surface area (Å²) >= 11 is 0. The first-order valence-corrected chi connectivity index (χ1v) is 5.98. The van der Waals surface area contributed by atoms with Crippen molar-refractivity contribution in [2.45, 2.75) is 20.3 Å². The Morgan fingerprint density at radius 3 is 2.94 bits per heavy atom. The lowest BCUT2D eigenvalue weighted by atomic mass is 9.95. The number of nitrogens with zero attached hydrogens (tertiary/aromatic N) is 2. The van der Waals surface area contributed by atoms with Crippen LogP contribution in [-0.2, 0) is 0 Å². The Hall–Kier alpha value is -1.45. The second kappa shape index (κ2) is 4.82. The molecule has 0 aromatic carbocycles. The number of hydrogen-bond donors (Lipinski definition) is 0. The molecule has 0 N–H and O–H groups in total. The molecule has 1 saturated heterocycles. The lowest BCUT2D eigenvalue weighted by Gasteiger charge is -2.18. The molecule has 1 aliphatic rings. The summed E-state index contributed by atoms with van der Waals surface area (Å²) < 4.78 is 12.9. The van der Waals surface area contributed by atoms with Crippen LogP contribution in [0.25, 0.3) is 0 Å². The highest BCUT2D eigenvalue weighted by Crippen LogP contribution is 2.24. The highest BCUT2D eigenvalue weighted by atomic mass is 19.1. The summed E-state index contributed by atoms with van der Waals surface area (Å²) in [5.74, 6) is 0.456. The van der Waals surface area contributed by atoms with Crippen LogP contribution in [0, 0.1) is 17.8 Å². The van der Waals surface area contributed by atoms with Gasteiger partial charge in [0, 0.05) is 30.9 Å². The molecule has 1 amide bonds. The SMILES string of the molecule is CC(C)C1CCN(C(=O)c2ccnc(F)c2)C1. The van der Waals surface area contributed by atoms with E-state index in [1.807, 2.05) is 0 Å². The fourth-order valence-electron chi connectivity index (χ4n) is 2.23. The summed E-state index contributed by atoms with van der Waals surface area (Å²) in [6.07, 6.45) is 2.37. The minimum atomic E-state index is -0.601. The molecule has 0 aliphatic carbocycles. The van der Waals surface area contributed by atoms with Gasteiger partial charge in [-0.3, -0.25) is 4.79 Å². The number of amides is 1. The molecule has 17 heavy (non-hydrogen) atoms. The molecular weight excluding hydrogens is 219 g/mol. The first-order valence-electron chi connectivity index (χ1n) is 5.98. The van der Waals surface area contributed by atoms with Crippen LogP contribution in [-0.4, -0.2) is 28.9 Å². The van der Waals surface area contributed by atoms with Gasteiger partial charge in [0.25, 0.3) is 5.91 Å². The summed E-state index contributed by atoms with van der Waals surface area (Å²) in [6, 6.07) is 2.76. The molecule has 1 unspecified atom stereocenters. The lowest BCUT2D eigenvalue weighted by Crippen LogP contribution is -2.29. The van der Waals surface area contributed by atoms with Crippen molar-refractivity contribution in [2.24, 2.45) is 11.8 Å². The van der Waals surface area contributed by atoms with Gasteiger partial charge in [-0.2, -0.15) is 4.39 Å². The summed E-state index contributed by atoms with van der Waals surface area (Å²) in [6.45, 7) is 5.89. The van der Waals surface area contributed by atoms with E-state index in [0.717, 1.165) is 19.5 Å². The summed E-state index contributed by atoms with van der Waals surface area (Å²) in [7, 11) is 0. The Kier molecular flexibility index (Phi) is 3.41. The molecule has 0 radical (unpaired) electrons. The molecule has 2 heterocycles. The van der Waals surface area contributed by atoms with Crippen molar-refractivity contribution in [3.8, 4) is 0 Å². The smallest absolute Gasteiger partial charge is 0.254 e. The maximum atomic E-state index is 12.9. The molecule has 1 fully saturated rings. The topological polar surface area (TPSA) is 33.2 Å². The van der Waals surface area contributed by atoms with Gasteiger partial charge in [0.15, 0.2) is 0 Å². The molecule has 1 aromatic heterocycles. The van der Waals surface area contributed by atoms with Crippen molar-refractivity contribution < 1.29 is 9.18 Å². The lowest BCUT2D eigenvalue weighted by molar-refractivity contribution is 0.0783. The zero-order valence-electron chi connectivity index (χ0n) is 10.2. The Morgan fingerprint density at radius 2 is 2.35 bits per heavy atom. The average Bonchev–Trinajstić information content (AvgIpc) is 2.77. The largest absolute Gasteiger partial charge is 0.338 e. The normalized spacial score (nSPS) is 20.0. The van der Waals surface area contributed by atoms with E-state index in [2.05, 4.69) is 18.8 Å². The summed E-state index contributed by atoms with van der Waals surface area (Å²) in [4.78, 5) is 17.4. The number of rotatable bonds is 2. The maximum Gasteiger partial charge on any atom is 0.254 e. The molecule has 92 valence electrons. The third-order valence-corrected chi connectivity index (χ3v) is 3.43. The fraction of sp³-hybridized carbons (Fsp3) is 0.538. The van der Waals surface area contributed by atoms with Gasteiger partial charge in [-0.25, -0.2) is 4.98 Å². The standard InChI is InChI=1S/C13H17FN2O/c1-9(2)11-4-6-16(8-11)13(17)10-3-5-15-12(14)7-10/h3,5,7,9,11H,4,6,8H2,1-2H3. The zero-order chi connectivity index (χ0) is 12.4. The summed E-state index contributed by atoms with van der Waals surface area (Å²) in [5.41, 5.74) is 0.391. The second-order valence-electron chi connectivity index (χ2n) is 4.91. The van der Waals surface area contributed by atoms with Crippen LogP contribution in [0.3, 0.4) is 0 Å². The Bertz CT molecular complexity index is 420. The van der Waals surface area contributed by atoms with Gasteiger partial charge < -0.3 is 4.90 Å². The van der Waals surface area contributed by atoms with E-state index < -0.39 is 5.95 Å². The second-order valence-corrected chi connectivity index (χ2v) is 4.91. The molecule has 1 atom stereocenters. The first-order chi connectivity index (χ1) is 8.08. The highest BCUT2D eigenvalue weighted by Gasteiger charge is 2.28. The predicted octanol–water partition coefficient (Wildman–Crippen LogP) is 2.34. The third kappa shape index (κ3) is 2.62. The number of halogens is 1. The van der Waals surface area contributed by atoms with Crippen molar-refractivity contribution in [1.82, 2.24) is 9.88 Å². The van der Waals surface area contributed by atoms with Crippen LogP contribution in [0.2, 0.25) is 0 Å². The highest BCUT2D eigenvalue weighted by molar-refractivity contribution is 5.94. The fourth-order valence-corrected chi connectivity index (χ4v) is 2.23. The monoisotopic (exact) mass is 236 g/mol. The van der Waals surface area contributed by atoms with E-state index in [9.17, 15) is 9.18 Å². The van der Waals surface area contributed by atoms with Crippen LogP contribution in [0.1, 0.15) is 30.6 Å². The van der Waals surface area contributed by atoms with Crippen molar-refractivity contribution >= 4 is 5.91 Å². The van der Waals surface area contributed by atoms with Crippen molar-refractivity contribution in [3.05, 3.63) is 29.8 Å². The van der Waals surface area contributed by atoms with Crippen molar-refractivity contribution in [3.63, 3.8) is 0 Å². The van der Waals surface area contributed by atoms with Gasteiger partial charge in [0.1, 0.15) is 0 Å². The minimum absolute atomic E-state index is 0.0885.